The summed E-state index contributed by atoms with van der Waals surface area (Å²) in [5.41, 5.74) is -0.210. The molecule has 90 valence electrons. The van der Waals surface area contributed by atoms with E-state index in [-0.39, 0.29) is 17.1 Å². The first-order chi connectivity index (χ1) is 7.36. The number of hydrogen-bond acceptors (Lipinski definition) is 3. The highest BCUT2D eigenvalue weighted by molar-refractivity contribution is 14.1. The predicted molar refractivity (Wildman–Crippen MR) is 71.4 cm³/mol. The maximum Gasteiger partial charge on any atom is 0.264 e. The van der Waals surface area contributed by atoms with Crippen molar-refractivity contribution in [1.29, 1.82) is 0 Å². The number of H-pyrrole nitrogens is 1. The van der Waals surface area contributed by atoms with Crippen LogP contribution >= 0.6 is 22.6 Å². The van der Waals surface area contributed by atoms with Crippen LogP contribution in [0.1, 0.15) is 39.6 Å². The molecular weight excluding hydrogens is 319 g/mol. The van der Waals surface area contributed by atoms with Crippen LogP contribution in [0.3, 0.4) is 0 Å². The second-order valence-corrected chi connectivity index (χ2v) is 5.81. The smallest absolute Gasteiger partial charge is 0.264 e. The topological polar surface area (TPSA) is 55.0 Å². The van der Waals surface area contributed by atoms with Crippen LogP contribution in [0.25, 0.3) is 0 Å². The summed E-state index contributed by atoms with van der Waals surface area (Å²) in [6, 6.07) is 0. The van der Waals surface area contributed by atoms with Gasteiger partial charge in [-0.15, -0.1) is 0 Å². The first-order valence-electron chi connectivity index (χ1n) is 5.22. The van der Waals surface area contributed by atoms with Crippen LogP contribution in [0.5, 0.6) is 0 Å². The summed E-state index contributed by atoms with van der Waals surface area (Å²) < 4.78 is 6.24. The minimum Gasteiger partial charge on any atom is -0.370 e. The molecule has 1 N–H and O–H groups in total. The van der Waals surface area contributed by atoms with Crippen LogP contribution in [-0.4, -0.2) is 16.6 Å². The Labute approximate surface area is 109 Å². The number of rotatable bonds is 3. The van der Waals surface area contributed by atoms with Crippen molar-refractivity contribution in [2.45, 2.75) is 33.8 Å². The van der Waals surface area contributed by atoms with Gasteiger partial charge in [-0.3, -0.25) is 4.79 Å². The Kier molecular flexibility index (Phi) is 4.49. The quantitative estimate of drug-likeness (QED) is 0.863. The molecule has 0 aliphatic heterocycles. The van der Waals surface area contributed by atoms with Gasteiger partial charge in [-0.25, -0.2) is 4.98 Å². The Morgan fingerprint density at radius 2 is 2.19 bits per heavy atom. The highest BCUT2D eigenvalue weighted by Crippen LogP contribution is 2.33. The van der Waals surface area contributed by atoms with Crippen LogP contribution < -0.4 is 5.56 Å². The SMILES string of the molecule is CCOC(c1ncc(I)c(=O)[nH]1)C(C)(C)C. The first-order valence-corrected chi connectivity index (χ1v) is 6.30. The minimum atomic E-state index is -0.192. The molecule has 16 heavy (non-hydrogen) atoms. The van der Waals surface area contributed by atoms with Crippen molar-refractivity contribution >= 4 is 22.6 Å². The number of nitrogens with zero attached hydrogens (tertiary/aromatic N) is 1. The van der Waals surface area contributed by atoms with Gasteiger partial charge in [0, 0.05) is 12.8 Å². The Bertz CT molecular complexity index is 409. The van der Waals surface area contributed by atoms with Gasteiger partial charge in [0.05, 0.1) is 3.57 Å². The average Bonchev–Trinajstić information content (AvgIpc) is 2.17. The molecule has 1 rings (SSSR count). The van der Waals surface area contributed by atoms with Crippen LogP contribution in [0.15, 0.2) is 11.0 Å². The van der Waals surface area contributed by atoms with E-state index < -0.39 is 0 Å². The maximum absolute atomic E-state index is 11.5. The van der Waals surface area contributed by atoms with Crippen molar-refractivity contribution in [2.75, 3.05) is 6.61 Å². The number of aromatic amines is 1. The van der Waals surface area contributed by atoms with E-state index in [1.165, 1.54) is 0 Å². The Morgan fingerprint density at radius 1 is 1.56 bits per heavy atom. The standard InChI is InChI=1S/C11H17IN2O2/c1-5-16-8(11(2,3)4)9-13-6-7(12)10(15)14-9/h6,8H,5H2,1-4H3,(H,13,14,15). The summed E-state index contributed by atoms with van der Waals surface area (Å²) in [7, 11) is 0. The van der Waals surface area contributed by atoms with Crippen LogP contribution in [0.4, 0.5) is 0 Å². The van der Waals surface area contributed by atoms with Gasteiger partial charge in [-0.05, 0) is 34.9 Å². The molecule has 5 heteroatoms. The molecular formula is C11H17IN2O2. The van der Waals surface area contributed by atoms with Crippen LogP contribution in [0.2, 0.25) is 0 Å². The van der Waals surface area contributed by atoms with E-state index in [4.69, 9.17) is 4.74 Å². The summed E-state index contributed by atoms with van der Waals surface area (Å²) in [5.74, 6) is 0.597. The molecule has 0 aliphatic rings. The fourth-order valence-electron chi connectivity index (χ4n) is 1.43. The molecule has 1 atom stereocenters. The molecule has 1 heterocycles. The highest BCUT2D eigenvalue weighted by Gasteiger charge is 2.28. The molecule has 1 aromatic heterocycles. The summed E-state index contributed by atoms with van der Waals surface area (Å²) >= 11 is 1.96. The number of aromatic nitrogens is 2. The molecule has 1 aromatic rings. The van der Waals surface area contributed by atoms with E-state index in [1.54, 1.807) is 6.20 Å². The molecule has 0 aromatic carbocycles. The monoisotopic (exact) mass is 336 g/mol. The molecule has 0 amide bonds. The third-order valence-corrected chi connectivity index (χ3v) is 2.91. The summed E-state index contributed by atoms with van der Waals surface area (Å²) in [4.78, 5) is 18.5. The largest absolute Gasteiger partial charge is 0.370 e. The Morgan fingerprint density at radius 3 is 2.62 bits per heavy atom. The van der Waals surface area contributed by atoms with E-state index >= 15 is 0 Å². The zero-order valence-electron chi connectivity index (χ0n) is 10.0. The molecule has 0 radical (unpaired) electrons. The van der Waals surface area contributed by atoms with Crippen LogP contribution in [0, 0.1) is 8.99 Å². The molecule has 0 spiro atoms. The Balaban J connectivity index is 3.11. The van der Waals surface area contributed by atoms with Gasteiger partial charge < -0.3 is 9.72 Å². The van der Waals surface area contributed by atoms with E-state index in [9.17, 15) is 4.79 Å². The van der Waals surface area contributed by atoms with E-state index in [2.05, 4.69) is 30.7 Å². The molecule has 0 saturated carbocycles. The van der Waals surface area contributed by atoms with Gasteiger partial charge in [-0.2, -0.15) is 0 Å². The number of nitrogens with one attached hydrogen (secondary N) is 1. The fourth-order valence-corrected chi connectivity index (χ4v) is 1.71. The summed E-state index contributed by atoms with van der Waals surface area (Å²) in [5, 5.41) is 0. The van der Waals surface area contributed by atoms with Crippen molar-refractivity contribution in [2.24, 2.45) is 5.41 Å². The third kappa shape index (κ3) is 3.28. The molecule has 0 saturated heterocycles. The van der Waals surface area contributed by atoms with Gasteiger partial charge >= 0.3 is 0 Å². The lowest BCUT2D eigenvalue weighted by atomic mass is 9.88. The van der Waals surface area contributed by atoms with E-state index in [0.717, 1.165) is 0 Å². The second kappa shape index (κ2) is 5.27. The van der Waals surface area contributed by atoms with Gasteiger partial charge in [-0.1, -0.05) is 20.8 Å². The third-order valence-electron chi connectivity index (χ3n) is 2.14. The van der Waals surface area contributed by atoms with Gasteiger partial charge in [0.25, 0.3) is 5.56 Å². The number of halogens is 1. The molecule has 0 aliphatic carbocycles. The molecule has 0 bridgehead atoms. The van der Waals surface area contributed by atoms with Crippen LogP contribution in [-0.2, 0) is 4.74 Å². The Hall–Kier alpha value is -0.430. The number of ether oxygens (including phenoxy) is 1. The number of hydrogen-bond donors (Lipinski definition) is 1. The maximum atomic E-state index is 11.5. The van der Waals surface area contributed by atoms with Gasteiger partial charge in [0.1, 0.15) is 11.9 Å². The van der Waals surface area contributed by atoms with E-state index in [1.807, 2.05) is 29.5 Å². The fraction of sp³-hybridized carbons (Fsp3) is 0.636. The molecule has 4 nitrogen and oxygen atoms in total. The van der Waals surface area contributed by atoms with Crippen molar-refractivity contribution in [3.05, 3.63) is 25.9 Å². The van der Waals surface area contributed by atoms with Crippen molar-refractivity contribution in [3.63, 3.8) is 0 Å². The van der Waals surface area contributed by atoms with Gasteiger partial charge in [0.15, 0.2) is 0 Å². The molecule has 1 unspecified atom stereocenters. The van der Waals surface area contributed by atoms with Gasteiger partial charge in [0.2, 0.25) is 0 Å². The zero-order chi connectivity index (χ0) is 12.3. The van der Waals surface area contributed by atoms with Crippen molar-refractivity contribution in [1.82, 2.24) is 9.97 Å². The van der Waals surface area contributed by atoms with E-state index in [0.29, 0.717) is 16.0 Å². The summed E-state index contributed by atoms with van der Waals surface area (Å²) in [6.07, 6.45) is 1.38. The lowest BCUT2D eigenvalue weighted by Gasteiger charge is -2.29. The van der Waals surface area contributed by atoms with Crippen molar-refractivity contribution in [3.8, 4) is 0 Å². The normalized spacial score (nSPS) is 13.8. The zero-order valence-corrected chi connectivity index (χ0v) is 12.2. The molecule has 0 fully saturated rings. The second-order valence-electron chi connectivity index (χ2n) is 4.65. The highest BCUT2D eigenvalue weighted by atomic mass is 127. The lowest BCUT2D eigenvalue weighted by Crippen LogP contribution is -2.26. The lowest BCUT2D eigenvalue weighted by molar-refractivity contribution is -0.0193. The van der Waals surface area contributed by atoms with Crippen molar-refractivity contribution < 1.29 is 4.74 Å². The average molecular weight is 336 g/mol. The minimum absolute atomic E-state index is 0.0985. The predicted octanol–water partition coefficient (Wildman–Crippen LogP) is 2.50. The summed E-state index contributed by atoms with van der Waals surface area (Å²) in [6.45, 7) is 8.71. The first kappa shape index (κ1) is 13.6.